The Bertz CT molecular complexity index is 1900. The van der Waals surface area contributed by atoms with Crippen LogP contribution in [0.2, 0.25) is 0 Å². The molecular formula is C22H26F2N9O9P2S2+. The predicted octanol–water partition coefficient (Wildman–Crippen LogP) is 1.36. The summed E-state index contributed by atoms with van der Waals surface area (Å²) in [5, 5.41) is 9.41. The largest absolute Gasteiger partial charge is 0.582 e. The average Bonchev–Trinajstić information content (AvgIpc) is 3.73. The van der Waals surface area contributed by atoms with Gasteiger partial charge in [-0.3, -0.25) is 18.9 Å². The molecule has 0 saturated carbocycles. The van der Waals surface area contributed by atoms with Gasteiger partial charge in [-0.2, -0.15) is 4.98 Å². The van der Waals surface area contributed by atoms with Crippen molar-refractivity contribution in [1.82, 2.24) is 34.1 Å². The fraction of sp³-hybridized carbons (Fsp3) is 0.500. The van der Waals surface area contributed by atoms with Crippen molar-refractivity contribution in [2.24, 2.45) is 0 Å². The molecule has 2 aliphatic heterocycles. The SMILES string of the molecule is Nc1nc2c(ncn2[C@@H]2O[C@H](CCO)[C@@H](F)[C@H]2OP(O)(=S)OC[C@H]2O[C@@H](n3cc(F)c4c(N)ncnc43)C[C@@H]2O[P+](=O)S)c(=O)[nH]1. The van der Waals surface area contributed by atoms with Crippen LogP contribution in [0.1, 0.15) is 25.3 Å². The number of aromatic nitrogens is 7. The molecule has 6 rings (SSSR count). The number of aromatic amines is 1. The van der Waals surface area contributed by atoms with Crippen LogP contribution in [0.5, 0.6) is 0 Å². The highest BCUT2D eigenvalue weighted by Gasteiger charge is 2.50. The molecule has 46 heavy (non-hydrogen) atoms. The molecule has 9 atom stereocenters. The third-order valence-electron chi connectivity index (χ3n) is 7.37. The molecule has 24 heteroatoms. The maximum Gasteiger partial charge on any atom is 0.582 e. The Labute approximate surface area is 267 Å². The molecule has 4 aromatic heterocycles. The van der Waals surface area contributed by atoms with Crippen LogP contribution in [0.25, 0.3) is 22.2 Å². The number of rotatable bonds is 11. The third-order valence-corrected chi connectivity index (χ3v) is 9.66. The molecular weight excluding hydrogens is 698 g/mol. The lowest BCUT2D eigenvalue weighted by Gasteiger charge is -2.26. The molecule has 248 valence electrons. The average molecular weight is 725 g/mol. The number of nitrogens with one attached hydrogen (secondary N) is 1. The van der Waals surface area contributed by atoms with E-state index in [-0.39, 0.29) is 46.8 Å². The lowest BCUT2D eigenvalue weighted by Crippen LogP contribution is -2.32. The Balaban J connectivity index is 1.22. The first kappa shape index (κ1) is 33.2. The van der Waals surface area contributed by atoms with Crippen molar-refractivity contribution in [3.63, 3.8) is 0 Å². The maximum absolute atomic E-state index is 15.7. The molecule has 2 unspecified atom stereocenters. The lowest BCUT2D eigenvalue weighted by atomic mass is 10.1. The molecule has 0 bridgehead atoms. The van der Waals surface area contributed by atoms with E-state index in [1.807, 2.05) is 0 Å². The van der Waals surface area contributed by atoms with Gasteiger partial charge in [-0.25, -0.2) is 23.7 Å². The second kappa shape index (κ2) is 13.0. The second-order valence-electron chi connectivity index (χ2n) is 10.2. The molecule has 4 aromatic rings. The number of thiol groups is 1. The number of fused-ring (bicyclic) bond motifs is 2. The molecule has 0 radical (unpaired) electrons. The highest BCUT2D eigenvalue weighted by molar-refractivity contribution is 8.39. The Morgan fingerprint density at radius 2 is 2.02 bits per heavy atom. The number of nitrogen functional groups attached to an aromatic ring is 2. The van der Waals surface area contributed by atoms with Crippen molar-refractivity contribution >= 4 is 72.0 Å². The normalized spacial score (nSPS) is 28.3. The van der Waals surface area contributed by atoms with Crippen molar-refractivity contribution in [1.29, 1.82) is 0 Å². The fourth-order valence-corrected chi connectivity index (χ4v) is 7.62. The van der Waals surface area contributed by atoms with E-state index in [0.717, 1.165) is 18.9 Å². The zero-order chi connectivity index (χ0) is 32.9. The van der Waals surface area contributed by atoms with Gasteiger partial charge in [0.1, 0.15) is 48.9 Å². The van der Waals surface area contributed by atoms with E-state index < -0.39 is 81.6 Å². The maximum atomic E-state index is 15.7. The number of hydrogen-bond acceptors (Lipinski definition) is 15. The molecule has 2 aliphatic rings. The summed E-state index contributed by atoms with van der Waals surface area (Å²) in [6.07, 6.45) is -5.74. The summed E-state index contributed by atoms with van der Waals surface area (Å²) in [6, 6.07) is 0. The van der Waals surface area contributed by atoms with Crippen LogP contribution in [0.4, 0.5) is 20.5 Å². The van der Waals surface area contributed by atoms with Gasteiger partial charge in [-0.05, 0) is 22.8 Å². The first-order chi connectivity index (χ1) is 21.9. The highest BCUT2D eigenvalue weighted by atomic mass is 32.7. The number of nitrogens with two attached hydrogens (primary N) is 2. The van der Waals surface area contributed by atoms with E-state index in [4.69, 9.17) is 46.3 Å². The number of ether oxygens (including phenoxy) is 2. The number of alkyl halides is 1. The van der Waals surface area contributed by atoms with E-state index >= 15 is 4.39 Å². The summed E-state index contributed by atoms with van der Waals surface area (Å²) in [7, 11) is -2.44. The van der Waals surface area contributed by atoms with Gasteiger partial charge in [0.15, 0.2) is 35.0 Å². The summed E-state index contributed by atoms with van der Waals surface area (Å²) < 4.78 is 73.1. The Kier molecular flexibility index (Phi) is 9.40. The number of aliphatic hydroxyl groups excluding tert-OH is 1. The third kappa shape index (κ3) is 6.39. The van der Waals surface area contributed by atoms with Crippen LogP contribution in [-0.2, 0) is 39.4 Å². The molecule has 0 spiro atoms. The van der Waals surface area contributed by atoms with Gasteiger partial charge in [-0.15, -0.1) is 4.52 Å². The zero-order valence-corrected chi connectivity index (χ0v) is 26.7. The molecule has 2 saturated heterocycles. The summed E-state index contributed by atoms with van der Waals surface area (Å²) in [4.78, 5) is 41.5. The standard InChI is InChI=1S/C22H25F2N9O9P2S2/c23-8-4-32(18-13(8)17(25)27-6-28-18)12-3-10(41-43(36)45)11(39-12)5-38-44(37,46)42-16-14(24)9(1-2-34)40-21(16)33-7-29-15-19(33)30-22(26)31-20(15)35/h4,6-7,9-12,14,16,21,34H,1-3,5H2,(H6-,25,26,27,28,30,31,35,36,37,45,46)/p+1/t9-,10+,11-,12-,14-,16-,21-,44?/m1/s1. The Morgan fingerprint density at radius 3 is 2.76 bits per heavy atom. The van der Waals surface area contributed by atoms with Gasteiger partial charge in [0.25, 0.3) is 5.56 Å². The highest BCUT2D eigenvalue weighted by Crippen LogP contribution is 2.51. The number of H-pyrrole nitrogens is 1. The van der Waals surface area contributed by atoms with Gasteiger partial charge >= 0.3 is 13.9 Å². The van der Waals surface area contributed by atoms with E-state index in [2.05, 4.69) is 37.2 Å². The summed E-state index contributed by atoms with van der Waals surface area (Å²) >= 11 is 9.01. The molecule has 0 aliphatic carbocycles. The van der Waals surface area contributed by atoms with E-state index in [0.29, 0.717) is 0 Å². The van der Waals surface area contributed by atoms with Crippen molar-refractivity contribution in [3.05, 3.63) is 35.0 Å². The van der Waals surface area contributed by atoms with Crippen molar-refractivity contribution in [2.45, 2.75) is 55.9 Å². The van der Waals surface area contributed by atoms with Gasteiger partial charge in [0.2, 0.25) is 5.95 Å². The molecule has 18 nitrogen and oxygen atoms in total. The van der Waals surface area contributed by atoms with Crippen LogP contribution in [0.3, 0.4) is 0 Å². The van der Waals surface area contributed by atoms with Crippen LogP contribution in [0.15, 0.2) is 23.6 Å². The minimum Gasteiger partial charge on any atom is -0.396 e. The van der Waals surface area contributed by atoms with E-state index in [1.165, 1.54) is 9.13 Å². The van der Waals surface area contributed by atoms with Crippen LogP contribution >= 0.6 is 26.2 Å². The van der Waals surface area contributed by atoms with Gasteiger partial charge in [0, 0.05) is 19.2 Å². The first-order valence-electron chi connectivity index (χ1n) is 13.4. The van der Waals surface area contributed by atoms with Crippen LogP contribution in [-0.4, -0.2) is 87.9 Å². The number of aliphatic hydroxyl groups is 1. The molecule has 2 fully saturated rings. The molecule has 6 heterocycles. The first-order valence-corrected chi connectivity index (χ1v) is 18.3. The quantitative estimate of drug-likeness (QED) is 0.0944. The topological polar surface area (TPSA) is 250 Å². The molecule has 0 amide bonds. The zero-order valence-electron chi connectivity index (χ0n) is 23.2. The summed E-state index contributed by atoms with van der Waals surface area (Å²) in [5.74, 6) is -1.02. The van der Waals surface area contributed by atoms with Gasteiger partial charge in [-0.1, -0.05) is 0 Å². The van der Waals surface area contributed by atoms with Gasteiger partial charge < -0.3 is 40.0 Å². The Hall–Kier alpha value is -2.75. The second-order valence-corrected chi connectivity index (χ2v) is 14.7. The van der Waals surface area contributed by atoms with Crippen LogP contribution in [0, 0.1) is 5.82 Å². The van der Waals surface area contributed by atoms with Crippen molar-refractivity contribution in [3.8, 4) is 0 Å². The summed E-state index contributed by atoms with van der Waals surface area (Å²) in [6.45, 7) is -5.25. The van der Waals surface area contributed by atoms with Crippen LogP contribution < -0.4 is 17.0 Å². The number of imidazole rings is 1. The number of anilines is 2. The van der Waals surface area contributed by atoms with Crippen molar-refractivity contribution < 1.29 is 46.4 Å². The lowest BCUT2D eigenvalue weighted by molar-refractivity contribution is -0.0481. The number of nitrogens with zero attached hydrogens (tertiary/aromatic N) is 6. The predicted molar refractivity (Wildman–Crippen MR) is 162 cm³/mol. The number of halogens is 2. The van der Waals surface area contributed by atoms with Crippen molar-refractivity contribution in [2.75, 3.05) is 24.7 Å². The Morgan fingerprint density at radius 1 is 1.24 bits per heavy atom. The minimum atomic E-state index is -4.32. The van der Waals surface area contributed by atoms with E-state index in [1.54, 1.807) is 0 Å². The smallest absolute Gasteiger partial charge is 0.396 e. The fourth-order valence-electron chi connectivity index (χ4n) is 5.40. The monoisotopic (exact) mass is 724 g/mol. The molecule has 7 N–H and O–H groups in total. The van der Waals surface area contributed by atoms with Gasteiger partial charge in [0.05, 0.1) is 24.4 Å². The summed E-state index contributed by atoms with van der Waals surface area (Å²) in [5.41, 5.74) is 10.8. The molecule has 0 aromatic carbocycles. The van der Waals surface area contributed by atoms with E-state index in [9.17, 15) is 23.7 Å². The number of hydrogen-bond donors (Lipinski definition) is 6. The minimum absolute atomic E-state index is 0.0227.